The molecule has 0 radical (unpaired) electrons. The molecule has 0 aliphatic heterocycles. The van der Waals surface area contributed by atoms with E-state index in [9.17, 15) is 9.59 Å². The largest absolute Gasteiger partial charge is 0.350 e. The van der Waals surface area contributed by atoms with E-state index in [0.717, 1.165) is 11.1 Å². The summed E-state index contributed by atoms with van der Waals surface area (Å²) in [6.07, 6.45) is 0.795. The third-order valence-corrected chi connectivity index (χ3v) is 4.60. The Morgan fingerprint density at radius 2 is 1.61 bits per heavy atom. The average Bonchev–Trinajstić information content (AvgIpc) is 2.62. The molecule has 0 aliphatic rings. The van der Waals surface area contributed by atoms with E-state index < -0.39 is 6.04 Å². The Labute approximate surface area is 172 Å². The first-order valence-corrected chi connectivity index (χ1v) is 9.97. The highest BCUT2D eigenvalue weighted by atomic mass is 35.5. The van der Waals surface area contributed by atoms with Crippen molar-refractivity contribution in [3.63, 3.8) is 0 Å². The summed E-state index contributed by atoms with van der Waals surface area (Å²) in [6, 6.07) is 16.4. The summed E-state index contributed by atoms with van der Waals surface area (Å²) in [5.74, 6) is -0.206. The smallest absolute Gasteiger partial charge is 0.243 e. The van der Waals surface area contributed by atoms with Crippen molar-refractivity contribution in [1.29, 1.82) is 0 Å². The van der Waals surface area contributed by atoms with Gasteiger partial charge in [-0.1, -0.05) is 61.0 Å². The number of amides is 2. The van der Waals surface area contributed by atoms with E-state index in [-0.39, 0.29) is 23.8 Å². The van der Waals surface area contributed by atoms with Crippen molar-refractivity contribution in [3.8, 4) is 0 Å². The minimum Gasteiger partial charge on any atom is -0.350 e. The van der Waals surface area contributed by atoms with E-state index in [4.69, 9.17) is 11.6 Å². The standard InChI is InChI=1S/C23H29ClN2O2/c1-5-20(22(28)25-23(2,3)4)26(16-18-11-13-19(24)14-12-18)21(27)15-17-9-7-6-8-10-17/h6-14,20H,5,15-16H2,1-4H3,(H,25,28). The van der Waals surface area contributed by atoms with E-state index >= 15 is 0 Å². The van der Waals surface area contributed by atoms with Gasteiger partial charge in [-0.05, 0) is 50.5 Å². The zero-order valence-electron chi connectivity index (χ0n) is 17.0. The molecule has 1 N–H and O–H groups in total. The number of hydrogen-bond acceptors (Lipinski definition) is 2. The second-order valence-electron chi connectivity index (χ2n) is 7.97. The molecule has 0 bridgehead atoms. The molecule has 4 nitrogen and oxygen atoms in total. The fourth-order valence-electron chi connectivity index (χ4n) is 3.03. The molecular formula is C23H29ClN2O2. The number of benzene rings is 2. The van der Waals surface area contributed by atoms with Crippen molar-refractivity contribution < 1.29 is 9.59 Å². The summed E-state index contributed by atoms with van der Waals surface area (Å²) in [5.41, 5.74) is 1.51. The maximum Gasteiger partial charge on any atom is 0.243 e. The van der Waals surface area contributed by atoms with Crippen LogP contribution in [0.1, 0.15) is 45.2 Å². The molecule has 2 amide bonds. The van der Waals surface area contributed by atoms with Crippen molar-refractivity contribution in [3.05, 3.63) is 70.7 Å². The first-order valence-electron chi connectivity index (χ1n) is 9.59. The van der Waals surface area contributed by atoms with Gasteiger partial charge in [-0.15, -0.1) is 0 Å². The van der Waals surface area contributed by atoms with E-state index in [2.05, 4.69) is 5.32 Å². The van der Waals surface area contributed by atoms with Crippen LogP contribution in [0.5, 0.6) is 0 Å². The number of nitrogens with zero attached hydrogens (tertiary/aromatic N) is 1. The number of carbonyl (C=O) groups is 2. The number of carbonyl (C=O) groups excluding carboxylic acids is 2. The van der Waals surface area contributed by atoms with Crippen LogP contribution in [0.4, 0.5) is 0 Å². The molecule has 2 aromatic carbocycles. The molecule has 0 spiro atoms. The Morgan fingerprint density at radius 3 is 2.14 bits per heavy atom. The van der Waals surface area contributed by atoms with E-state index in [1.807, 2.05) is 70.2 Å². The predicted molar refractivity (Wildman–Crippen MR) is 114 cm³/mol. The number of rotatable bonds is 7. The van der Waals surface area contributed by atoms with Gasteiger partial charge in [0.2, 0.25) is 11.8 Å². The zero-order valence-corrected chi connectivity index (χ0v) is 17.8. The average molecular weight is 401 g/mol. The second kappa shape index (κ2) is 9.74. The predicted octanol–water partition coefficient (Wildman–Crippen LogP) is 4.60. The second-order valence-corrected chi connectivity index (χ2v) is 8.41. The lowest BCUT2D eigenvalue weighted by molar-refractivity contribution is -0.141. The van der Waals surface area contributed by atoms with Gasteiger partial charge in [0.15, 0.2) is 0 Å². The molecule has 150 valence electrons. The summed E-state index contributed by atoms with van der Waals surface area (Å²) in [6.45, 7) is 8.10. The van der Waals surface area contributed by atoms with Crippen LogP contribution in [0, 0.1) is 0 Å². The van der Waals surface area contributed by atoms with Crippen molar-refractivity contribution in [1.82, 2.24) is 10.2 Å². The molecule has 0 heterocycles. The Bertz CT molecular complexity index is 782. The molecular weight excluding hydrogens is 372 g/mol. The number of hydrogen-bond donors (Lipinski definition) is 1. The van der Waals surface area contributed by atoms with Gasteiger partial charge in [0, 0.05) is 17.1 Å². The van der Waals surface area contributed by atoms with E-state index in [0.29, 0.717) is 18.0 Å². The zero-order chi connectivity index (χ0) is 20.7. The Hall–Kier alpha value is -2.33. The lowest BCUT2D eigenvalue weighted by atomic mass is 10.0. The minimum atomic E-state index is -0.536. The van der Waals surface area contributed by atoms with Gasteiger partial charge in [-0.25, -0.2) is 0 Å². The van der Waals surface area contributed by atoms with Gasteiger partial charge in [-0.2, -0.15) is 0 Å². The summed E-state index contributed by atoms with van der Waals surface area (Å²) < 4.78 is 0. The van der Waals surface area contributed by atoms with Gasteiger partial charge in [-0.3, -0.25) is 9.59 Å². The van der Waals surface area contributed by atoms with Gasteiger partial charge in [0.05, 0.1) is 6.42 Å². The van der Waals surface area contributed by atoms with Crippen LogP contribution in [0.3, 0.4) is 0 Å². The lowest BCUT2D eigenvalue weighted by Crippen LogP contribution is -2.53. The molecule has 2 rings (SSSR count). The lowest BCUT2D eigenvalue weighted by Gasteiger charge is -2.33. The highest BCUT2D eigenvalue weighted by molar-refractivity contribution is 6.30. The normalized spacial score (nSPS) is 12.3. The topological polar surface area (TPSA) is 49.4 Å². The third kappa shape index (κ3) is 6.68. The first kappa shape index (κ1) is 22.0. The Balaban J connectivity index is 2.28. The van der Waals surface area contributed by atoms with Gasteiger partial charge in [0.1, 0.15) is 6.04 Å². The van der Waals surface area contributed by atoms with Crippen LogP contribution in [-0.2, 0) is 22.6 Å². The van der Waals surface area contributed by atoms with Crippen molar-refractivity contribution in [2.45, 2.75) is 58.7 Å². The molecule has 0 aromatic heterocycles. The van der Waals surface area contributed by atoms with Crippen LogP contribution >= 0.6 is 11.6 Å². The molecule has 1 atom stereocenters. The van der Waals surface area contributed by atoms with E-state index in [1.54, 1.807) is 17.0 Å². The maximum atomic E-state index is 13.2. The quantitative estimate of drug-likeness (QED) is 0.738. The van der Waals surface area contributed by atoms with Crippen LogP contribution in [0.25, 0.3) is 0 Å². The van der Waals surface area contributed by atoms with Crippen molar-refractivity contribution in [2.75, 3.05) is 0 Å². The number of nitrogens with one attached hydrogen (secondary N) is 1. The van der Waals surface area contributed by atoms with Crippen LogP contribution in [0.2, 0.25) is 5.02 Å². The molecule has 28 heavy (non-hydrogen) atoms. The molecule has 2 aromatic rings. The first-order chi connectivity index (χ1) is 13.2. The van der Waals surface area contributed by atoms with Crippen molar-refractivity contribution in [2.24, 2.45) is 0 Å². The molecule has 0 saturated heterocycles. The third-order valence-electron chi connectivity index (χ3n) is 4.35. The summed E-state index contributed by atoms with van der Waals surface area (Å²) in [7, 11) is 0. The monoisotopic (exact) mass is 400 g/mol. The minimum absolute atomic E-state index is 0.0722. The summed E-state index contributed by atoms with van der Waals surface area (Å²) in [4.78, 5) is 27.8. The highest BCUT2D eigenvalue weighted by Crippen LogP contribution is 2.17. The fourth-order valence-corrected chi connectivity index (χ4v) is 3.16. The van der Waals surface area contributed by atoms with Crippen LogP contribution < -0.4 is 5.32 Å². The molecule has 1 unspecified atom stereocenters. The van der Waals surface area contributed by atoms with Crippen molar-refractivity contribution >= 4 is 23.4 Å². The number of halogens is 1. The fraction of sp³-hybridized carbons (Fsp3) is 0.391. The molecule has 0 fully saturated rings. The van der Waals surface area contributed by atoms with Crippen LogP contribution in [-0.4, -0.2) is 28.3 Å². The molecule has 0 saturated carbocycles. The highest BCUT2D eigenvalue weighted by Gasteiger charge is 2.30. The summed E-state index contributed by atoms with van der Waals surface area (Å²) >= 11 is 5.99. The van der Waals surface area contributed by atoms with Gasteiger partial charge < -0.3 is 10.2 Å². The SMILES string of the molecule is CCC(C(=O)NC(C)(C)C)N(Cc1ccc(Cl)cc1)C(=O)Cc1ccccc1. The van der Waals surface area contributed by atoms with Gasteiger partial charge in [0.25, 0.3) is 0 Å². The summed E-state index contributed by atoms with van der Waals surface area (Å²) in [5, 5.41) is 3.65. The molecule has 5 heteroatoms. The maximum absolute atomic E-state index is 13.2. The Morgan fingerprint density at radius 1 is 1.00 bits per heavy atom. The Kier molecular flexibility index (Phi) is 7.64. The van der Waals surface area contributed by atoms with E-state index in [1.165, 1.54) is 0 Å². The molecule has 0 aliphatic carbocycles. The van der Waals surface area contributed by atoms with Crippen LogP contribution in [0.15, 0.2) is 54.6 Å². The van der Waals surface area contributed by atoms with Gasteiger partial charge >= 0.3 is 0 Å².